The van der Waals surface area contributed by atoms with Gasteiger partial charge in [0.05, 0.1) is 29.7 Å². The van der Waals surface area contributed by atoms with Crippen molar-refractivity contribution in [3.63, 3.8) is 0 Å². The van der Waals surface area contributed by atoms with E-state index < -0.39 is 0 Å². The number of hydrogen-bond acceptors (Lipinski definition) is 5. The zero-order valence-electron chi connectivity index (χ0n) is 10.7. The van der Waals surface area contributed by atoms with Gasteiger partial charge in [0.25, 0.3) is 0 Å². The van der Waals surface area contributed by atoms with Crippen LogP contribution < -0.4 is 5.73 Å². The third kappa shape index (κ3) is 2.97. The summed E-state index contributed by atoms with van der Waals surface area (Å²) in [6, 6.07) is 7.03. The van der Waals surface area contributed by atoms with Crippen LogP contribution in [0.3, 0.4) is 0 Å². The SMILES string of the molecule is CCOC(=O)c1ccc(-n2nncc2CCN)cc1. The van der Waals surface area contributed by atoms with Crippen LogP contribution >= 0.6 is 0 Å². The number of benzene rings is 1. The van der Waals surface area contributed by atoms with Gasteiger partial charge >= 0.3 is 5.97 Å². The molecule has 0 aliphatic rings. The number of carbonyl (C=O) groups excluding carboxylic acids is 1. The van der Waals surface area contributed by atoms with Crippen LogP contribution in [-0.4, -0.2) is 34.1 Å². The van der Waals surface area contributed by atoms with Crippen LogP contribution in [0.1, 0.15) is 23.0 Å². The highest BCUT2D eigenvalue weighted by atomic mass is 16.5. The summed E-state index contributed by atoms with van der Waals surface area (Å²) in [6.07, 6.45) is 2.39. The van der Waals surface area contributed by atoms with Crippen LogP contribution in [-0.2, 0) is 11.2 Å². The molecule has 0 bridgehead atoms. The maximum Gasteiger partial charge on any atom is 0.338 e. The molecule has 0 aliphatic heterocycles. The smallest absolute Gasteiger partial charge is 0.338 e. The number of aromatic nitrogens is 3. The molecule has 0 unspecified atom stereocenters. The minimum absolute atomic E-state index is 0.324. The second-order valence-electron chi connectivity index (χ2n) is 3.94. The second kappa shape index (κ2) is 6.10. The number of nitrogens with zero attached hydrogens (tertiary/aromatic N) is 3. The normalized spacial score (nSPS) is 10.4. The molecule has 2 rings (SSSR count). The van der Waals surface area contributed by atoms with Gasteiger partial charge in [-0.05, 0) is 37.7 Å². The van der Waals surface area contributed by atoms with Gasteiger partial charge in [-0.3, -0.25) is 0 Å². The molecule has 0 atom stereocenters. The Hall–Kier alpha value is -2.21. The molecule has 6 nitrogen and oxygen atoms in total. The second-order valence-corrected chi connectivity index (χ2v) is 3.94. The molecule has 19 heavy (non-hydrogen) atoms. The third-order valence-corrected chi connectivity index (χ3v) is 2.64. The summed E-state index contributed by atoms with van der Waals surface area (Å²) in [5.41, 5.74) is 7.83. The number of esters is 1. The lowest BCUT2D eigenvalue weighted by molar-refractivity contribution is 0.0526. The van der Waals surface area contributed by atoms with Gasteiger partial charge in [0, 0.05) is 6.42 Å². The van der Waals surface area contributed by atoms with Crippen molar-refractivity contribution >= 4 is 5.97 Å². The molecule has 1 aromatic heterocycles. The fraction of sp³-hybridized carbons (Fsp3) is 0.308. The topological polar surface area (TPSA) is 83.0 Å². The molecule has 0 saturated carbocycles. The predicted molar refractivity (Wildman–Crippen MR) is 70.1 cm³/mol. The van der Waals surface area contributed by atoms with Gasteiger partial charge in [0.15, 0.2) is 0 Å². The van der Waals surface area contributed by atoms with E-state index in [1.807, 2.05) is 0 Å². The summed E-state index contributed by atoms with van der Waals surface area (Å²) in [7, 11) is 0. The number of rotatable bonds is 5. The van der Waals surface area contributed by atoms with Crippen molar-refractivity contribution in [1.29, 1.82) is 0 Å². The molecular weight excluding hydrogens is 244 g/mol. The zero-order valence-corrected chi connectivity index (χ0v) is 10.7. The summed E-state index contributed by atoms with van der Waals surface area (Å²) < 4.78 is 6.64. The molecule has 0 fully saturated rings. The number of ether oxygens (including phenoxy) is 1. The van der Waals surface area contributed by atoms with Crippen molar-refractivity contribution in [3.8, 4) is 5.69 Å². The molecule has 0 radical (unpaired) electrons. The Labute approximate surface area is 111 Å². The molecule has 100 valence electrons. The first kappa shape index (κ1) is 13.2. The van der Waals surface area contributed by atoms with Gasteiger partial charge in [-0.15, -0.1) is 5.10 Å². The molecule has 0 aliphatic carbocycles. The first-order valence-electron chi connectivity index (χ1n) is 6.13. The predicted octanol–water partition coefficient (Wildman–Crippen LogP) is 0.945. The van der Waals surface area contributed by atoms with Gasteiger partial charge in [-0.25, -0.2) is 9.48 Å². The lowest BCUT2D eigenvalue weighted by Gasteiger charge is -2.06. The van der Waals surface area contributed by atoms with E-state index in [0.29, 0.717) is 25.1 Å². The highest BCUT2D eigenvalue weighted by Crippen LogP contribution is 2.12. The van der Waals surface area contributed by atoms with Crippen molar-refractivity contribution in [3.05, 3.63) is 41.7 Å². The number of hydrogen-bond donors (Lipinski definition) is 1. The molecular formula is C13H16N4O2. The quantitative estimate of drug-likeness (QED) is 0.809. The highest BCUT2D eigenvalue weighted by Gasteiger charge is 2.08. The van der Waals surface area contributed by atoms with E-state index in [1.165, 1.54) is 0 Å². The Balaban J connectivity index is 2.22. The van der Waals surface area contributed by atoms with Crippen LogP contribution in [0.15, 0.2) is 30.5 Å². The van der Waals surface area contributed by atoms with E-state index >= 15 is 0 Å². The monoisotopic (exact) mass is 260 g/mol. The molecule has 2 aromatic rings. The maximum atomic E-state index is 11.5. The lowest BCUT2D eigenvalue weighted by Crippen LogP contribution is -2.09. The molecule has 0 saturated heterocycles. The first-order chi connectivity index (χ1) is 9.26. The summed E-state index contributed by atoms with van der Waals surface area (Å²) in [4.78, 5) is 11.5. The van der Waals surface area contributed by atoms with Gasteiger partial charge in [0.1, 0.15) is 0 Å². The van der Waals surface area contributed by atoms with Gasteiger partial charge in [0.2, 0.25) is 0 Å². The van der Waals surface area contributed by atoms with Crippen LogP contribution in [0.2, 0.25) is 0 Å². The molecule has 0 amide bonds. The minimum atomic E-state index is -0.324. The fourth-order valence-corrected chi connectivity index (χ4v) is 1.75. The summed E-state index contributed by atoms with van der Waals surface area (Å²) in [5.74, 6) is -0.324. The average Bonchev–Trinajstić information content (AvgIpc) is 2.88. The van der Waals surface area contributed by atoms with Gasteiger partial charge in [-0.1, -0.05) is 5.21 Å². The molecule has 0 spiro atoms. The largest absolute Gasteiger partial charge is 0.462 e. The van der Waals surface area contributed by atoms with E-state index in [4.69, 9.17) is 10.5 Å². The summed E-state index contributed by atoms with van der Waals surface area (Å²) in [5, 5.41) is 7.88. The van der Waals surface area contributed by atoms with Crippen molar-refractivity contribution in [2.45, 2.75) is 13.3 Å². The van der Waals surface area contributed by atoms with E-state index in [-0.39, 0.29) is 5.97 Å². The van der Waals surface area contributed by atoms with Gasteiger partial charge < -0.3 is 10.5 Å². The van der Waals surface area contributed by atoms with E-state index in [2.05, 4.69) is 10.3 Å². The van der Waals surface area contributed by atoms with E-state index in [0.717, 1.165) is 11.4 Å². The highest BCUT2D eigenvalue weighted by molar-refractivity contribution is 5.89. The van der Waals surface area contributed by atoms with Crippen molar-refractivity contribution in [2.75, 3.05) is 13.2 Å². The average molecular weight is 260 g/mol. The number of carbonyl (C=O) groups is 1. The fourth-order valence-electron chi connectivity index (χ4n) is 1.75. The maximum absolute atomic E-state index is 11.5. The summed E-state index contributed by atoms with van der Waals surface area (Å²) >= 11 is 0. The van der Waals surface area contributed by atoms with Crippen molar-refractivity contribution in [1.82, 2.24) is 15.0 Å². The van der Waals surface area contributed by atoms with Crippen LogP contribution in [0, 0.1) is 0 Å². The molecule has 1 aromatic carbocycles. The number of nitrogens with two attached hydrogens (primary N) is 1. The zero-order chi connectivity index (χ0) is 13.7. The standard InChI is InChI=1S/C13H16N4O2/c1-2-19-13(18)10-3-5-11(6-4-10)17-12(7-8-14)9-15-16-17/h3-6,9H,2,7-8,14H2,1H3. The Kier molecular flexibility index (Phi) is 4.25. The van der Waals surface area contributed by atoms with Crippen molar-refractivity contribution < 1.29 is 9.53 Å². The molecule has 6 heteroatoms. The Morgan fingerprint density at radius 1 is 1.37 bits per heavy atom. The Morgan fingerprint density at radius 3 is 2.74 bits per heavy atom. The summed E-state index contributed by atoms with van der Waals surface area (Å²) in [6.45, 7) is 2.68. The molecule has 2 N–H and O–H groups in total. The van der Waals surface area contributed by atoms with E-state index in [1.54, 1.807) is 42.1 Å². The van der Waals surface area contributed by atoms with Crippen LogP contribution in [0.5, 0.6) is 0 Å². The first-order valence-corrected chi connectivity index (χ1v) is 6.13. The van der Waals surface area contributed by atoms with Crippen LogP contribution in [0.4, 0.5) is 0 Å². The minimum Gasteiger partial charge on any atom is -0.462 e. The lowest BCUT2D eigenvalue weighted by atomic mass is 10.2. The Morgan fingerprint density at radius 2 is 2.11 bits per heavy atom. The van der Waals surface area contributed by atoms with E-state index in [9.17, 15) is 4.79 Å². The van der Waals surface area contributed by atoms with Crippen LogP contribution in [0.25, 0.3) is 5.69 Å². The Bertz CT molecular complexity index is 548. The van der Waals surface area contributed by atoms with Gasteiger partial charge in [-0.2, -0.15) is 0 Å². The third-order valence-electron chi connectivity index (χ3n) is 2.64. The molecule has 1 heterocycles. The van der Waals surface area contributed by atoms with Crippen molar-refractivity contribution in [2.24, 2.45) is 5.73 Å².